The molecular weight excluding hydrogens is 514 g/mol. The third kappa shape index (κ3) is 5.47. The fourth-order valence-electron chi connectivity index (χ4n) is 7.01. The summed E-state index contributed by atoms with van der Waals surface area (Å²) < 4.78 is 32.8. The first-order chi connectivity index (χ1) is 18.9. The lowest BCUT2D eigenvalue weighted by Gasteiger charge is -2.51. The van der Waals surface area contributed by atoms with Crippen LogP contribution in [0.25, 0.3) is 10.9 Å². The van der Waals surface area contributed by atoms with Gasteiger partial charge in [-0.05, 0) is 96.4 Å². The fourth-order valence-corrected chi connectivity index (χ4v) is 8.96. The third-order valence-corrected chi connectivity index (χ3v) is 11.0. The summed E-state index contributed by atoms with van der Waals surface area (Å²) in [6, 6.07) is 12.3. The van der Waals surface area contributed by atoms with Crippen molar-refractivity contribution >= 4 is 20.9 Å². The van der Waals surface area contributed by atoms with Crippen LogP contribution >= 0.6 is 0 Å². The number of nitrogens with zero attached hydrogens (tertiary/aromatic N) is 2. The van der Waals surface area contributed by atoms with Crippen LogP contribution in [0.5, 0.6) is 0 Å². The maximum absolute atomic E-state index is 14.7. The lowest BCUT2D eigenvalue weighted by Crippen LogP contribution is -2.57. The topological polar surface area (TPSA) is 62.3 Å². The van der Waals surface area contributed by atoms with Crippen LogP contribution in [0.4, 0.5) is 0 Å². The summed E-state index contributed by atoms with van der Waals surface area (Å²) in [7, 11) is -3.86. The standard InChI is InChI=1S/C34H47N3O2S/c1-20(2)26-16-28(21(3)4)34(29(17-26)22(5)6)40(38,39)36-33(32-18-25-12-14-37(32)19-24(25)8)27-11-13-35-31-10-9-23(7)15-30(27)31/h9-11,13,15-17,20-22,24-25,32-33,36H,12,14,18-19H2,1-8H3/t24?,25?,32?,33-/m1/s1. The van der Waals surface area contributed by atoms with Gasteiger partial charge in [0.2, 0.25) is 10.0 Å². The summed E-state index contributed by atoms with van der Waals surface area (Å²) in [4.78, 5) is 7.65. The van der Waals surface area contributed by atoms with Gasteiger partial charge in [0.1, 0.15) is 0 Å². The molecule has 0 radical (unpaired) electrons. The van der Waals surface area contributed by atoms with E-state index >= 15 is 0 Å². The molecule has 2 aromatic carbocycles. The van der Waals surface area contributed by atoms with E-state index in [1.165, 1.54) is 12.0 Å². The fraction of sp³-hybridized carbons (Fsp3) is 0.559. The number of hydrogen-bond donors (Lipinski definition) is 1. The maximum Gasteiger partial charge on any atom is 0.241 e. The number of aromatic nitrogens is 1. The number of piperidine rings is 3. The summed E-state index contributed by atoms with van der Waals surface area (Å²) in [5.74, 6) is 1.76. The van der Waals surface area contributed by atoms with Gasteiger partial charge in [0.25, 0.3) is 0 Å². The first-order valence-corrected chi connectivity index (χ1v) is 16.6. The van der Waals surface area contributed by atoms with Crippen molar-refractivity contribution in [2.24, 2.45) is 11.8 Å². The monoisotopic (exact) mass is 561 g/mol. The summed E-state index contributed by atoms with van der Waals surface area (Å²) in [6.45, 7) is 19.2. The highest BCUT2D eigenvalue weighted by molar-refractivity contribution is 7.89. The number of rotatable bonds is 8. The zero-order chi connectivity index (χ0) is 28.9. The quantitative estimate of drug-likeness (QED) is 0.307. The van der Waals surface area contributed by atoms with Crippen LogP contribution in [0.15, 0.2) is 47.5 Å². The van der Waals surface area contributed by atoms with Crippen LogP contribution in [0, 0.1) is 18.8 Å². The molecule has 6 heteroatoms. The molecule has 5 nitrogen and oxygen atoms in total. The van der Waals surface area contributed by atoms with Crippen LogP contribution < -0.4 is 4.72 Å². The van der Waals surface area contributed by atoms with E-state index in [0.29, 0.717) is 22.6 Å². The number of pyridine rings is 1. The van der Waals surface area contributed by atoms with E-state index in [4.69, 9.17) is 0 Å². The van der Waals surface area contributed by atoms with Gasteiger partial charge >= 0.3 is 0 Å². The van der Waals surface area contributed by atoms with Crippen LogP contribution in [0.1, 0.15) is 113 Å². The number of benzene rings is 2. The minimum Gasteiger partial charge on any atom is -0.298 e. The van der Waals surface area contributed by atoms with Crippen LogP contribution in [-0.4, -0.2) is 37.4 Å². The Balaban J connectivity index is 1.69. The Morgan fingerprint density at radius 2 is 1.60 bits per heavy atom. The third-order valence-electron chi connectivity index (χ3n) is 9.41. The zero-order valence-corrected chi connectivity index (χ0v) is 26.3. The Bertz CT molecular complexity index is 1470. The largest absolute Gasteiger partial charge is 0.298 e. The Morgan fingerprint density at radius 1 is 0.925 bits per heavy atom. The number of aryl methyl sites for hydroxylation is 1. The van der Waals surface area contributed by atoms with Crippen molar-refractivity contribution < 1.29 is 8.42 Å². The number of sulfonamides is 1. The van der Waals surface area contributed by atoms with E-state index in [-0.39, 0.29) is 23.9 Å². The summed E-state index contributed by atoms with van der Waals surface area (Å²) in [6.07, 6.45) is 4.03. The molecule has 6 rings (SSSR count). The van der Waals surface area contributed by atoms with Crippen molar-refractivity contribution in [3.05, 3.63) is 70.4 Å². The summed E-state index contributed by atoms with van der Waals surface area (Å²) in [5, 5.41) is 1.04. The van der Waals surface area contributed by atoms with Crippen LogP contribution in [0.2, 0.25) is 0 Å². The molecule has 1 N–H and O–H groups in total. The van der Waals surface area contributed by atoms with E-state index < -0.39 is 10.0 Å². The highest BCUT2D eigenvalue weighted by atomic mass is 32.2. The second kappa shape index (κ2) is 11.2. The SMILES string of the molecule is Cc1ccc2nccc([C@@H](NS(=O)(=O)c3c(C(C)C)cc(C(C)C)cc3C(C)C)C3CC4CCN3CC4C)c2c1. The van der Waals surface area contributed by atoms with Gasteiger partial charge in [-0.3, -0.25) is 9.88 Å². The first kappa shape index (κ1) is 29.2. The predicted octanol–water partition coefficient (Wildman–Crippen LogP) is 7.66. The molecule has 2 bridgehead atoms. The van der Waals surface area contributed by atoms with Gasteiger partial charge in [0.15, 0.2) is 0 Å². The predicted molar refractivity (Wildman–Crippen MR) is 166 cm³/mol. The van der Waals surface area contributed by atoms with Crippen molar-refractivity contribution in [3.8, 4) is 0 Å². The smallest absolute Gasteiger partial charge is 0.241 e. The summed E-state index contributed by atoms with van der Waals surface area (Å²) in [5.41, 5.74) is 6.10. The normalized spacial score (nSPS) is 24.0. The molecule has 3 aliphatic heterocycles. The molecule has 40 heavy (non-hydrogen) atoms. The lowest BCUT2D eigenvalue weighted by atomic mass is 9.74. The van der Waals surface area contributed by atoms with Gasteiger partial charge in [-0.25, -0.2) is 13.1 Å². The van der Waals surface area contributed by atoms with E-state index in [1.807, 2.05) is 18.3 Å². The molecule has 4 unspecified atom stereocenters. The molecule has 0 aliphatic carbocycles. The highest BCUT2D eigenvalue weighted by Gasteiger charge is 2.44. The number of nitrogens with one attached hydrogen (secondary N) is 1. The minimum atomic E-state index is -3.86. The van der Waals surface area contributed by atoms with Crippen molar-refractivity contribution in [3.63, 3.8) is 0 Å². The molecule has 4 heterocycles. The first-order valence-electron chi connectivity index (χ1n) is 15.2. The van der Waals surface area contributed by atoms with E-state index in [1.54, 1.807) is 0 Å². The zero-order valence-electron chi connectivity index (χ0n) is 25.5. The molecule has 0 saturated carbocycles. The van der Waals surface area contributed by atoms with E-state index in [2.05, 4.69) is 94.3 Å². The van der Waals surface area contributed by atoms with Crippen molar-refractivity contribution in [1.82, 2.24) is 14.6 Å². The van der Waals surface area contributed by atoms with Gasteiger partial charge in [-0.2, -0.15) is 0 Å². The molecule has 5 atom stereocenters. The second-order valence-corrected chi connectivity index (χ2v) is 15.0. The summed E-state index contributed by atoms with van der Waals surface area (Å²) >= 11 is 0. The molecule has 3 aromatic rings. The second-order valence-electron chi connectivity index (χ2n) is 13.3. The molecular formula is C34H47N3O2S. The Kier molecular flexibility index (Phi) is 8.17. The van der Waals surface area contributed by atoms with Gasteiger partial charge in [0, 0.05) is 24.2 Å². The highest BCUT2D eigenvalue weighted by Crippen LogP contribution is 2.43. The Morgan fingerprint density at radius 3 is 2.15 bits per heavy atom. The van der Waals surface area contributed by atoms with Gasteiger partial charge < -0.3 is 0 Å². The van der Waals surface area contributed by atoms with Crippen molar-refractivity contribution in [1.29, 1.82) is 0 Å². The van der Waals surface area contributed by atoms with E-state index in [0.717, 1.165) is 52.7 Å². The lowest BCUT2D eigenvalue weighted by molar-refractivity contribution is -0.00496. The Labute approximate surface area is 241 Å². The molecule has 0 spiro atoms. The molecule has 3 aliphatic rings. The average Bonchev–Trinajstić information content (AvgIpc) is 2.91. The molecule has 3 fully saturated rings. The van der Waals surface area contributed by atoms with Gasteiger partial charge in [0.05, 0.1) is 16.5 Å². The van der Waals surface area contributed by atoms with Gasteiger partial charge in [-0.15, -0.1) is 0 Å². The van der Waals surface area contributed by atoms with Gasteiger partial charge in [-0.1, -0.05) is 72.2 Å². The number of fused-ring (bicyclic) bond motifs is 4. The molecule has 3 saturated heterocycles. The molecule has 1 aromatic heterocycles. The molecule has 216 valence electrons. The maximum atomic E-state index is 14.7. The number of hydrogen-bond acceptors (Lipinski definition) is 4. The van der Waals surface area contributed by atoms with Crippen molar-refractivity contribution in [2.75, 3.05) is 13.1 Å². The van der Waals surface area contributed by atoms with Crippen molar-refractivity contribution in [2.45, 2.75) is 103 Å². The van der Waals surface area contributed by atoms with E-state index in [9.17, 15) is 8.42 Å². The van der Waals surface area contributed by atoms with Crippen LogP contribution in [0.3, 0.4) is 0 Å². The average molecular weight is 562 g/mol. The van der Waals surface area contributed by atoms with Crippen LogP contribution in [-0.2, 0) is 10.0 Å². The Hall–Kier alpha value is -2.28. The minimum absolute atomic E-state index is 0.0842. The molecule has 0 amide bonds.